The third-order valence-electron chi connectivity index (χ3n) is 4.61. The molecule has 3 N–H and O–H groups in total. The standard InChI is InChI=1S/C21H24N2O6/c1-26-18-10-16(20(22)24)17(11-19(18)27-2)23-21(25)13-5-7-14(8-6-13)29-12-15-4-3-9-28-15/h5-8,10-11,15H,3-4,9,12H2,1-2H3,(H2,22,24)(H,23,25). The average Bonchev–Trinajstić information content (AvgIpc) is 3.25. The molecule has 1 atom stereocenters. The molecule has 1 aliphatic rings. The van der Waals surface area contributed by atoms with Gasteiger partial charge in [-0.3, -0.25) is 9.59 Å². The predicted molar refractivity (Wildman–Crippen MR) is 107 cm³/mol. The highest BCUT2D eigenvalue weighted by Crippen LogP contribution is 2.33. The molecule has 1 aliphatic heterocycles. The Bertz CT molecular complexity index is 875. The summed E-state index contributed by atoms with van der Waals surface area (Å²) in [5, 5.41) is 2.69. The molecule has 0 spiro atoms. The number of hydrogen-bond acceptors (Lipinski definition) is 6. The number of ether oxygens (including phenoxy) is 4. The number of carbonyl (C=O) groups is 2. The molecule has 1 heterocycles. The second-order valence-electron chi connectivity index (χ2n) is 6.54. The van der Waals surface area contributed by atoms with E-state index in [4.69, 9.17) is 24.7 Å². The number of carbonyl (C=O) groups excluding carboxylic acids is 2. The second-order valence-corrected chi connectivity index (χ2v) is 6.54. The van der Waals surface area contributed by atoms with E-state index in [1.165, 1.54) is 26.4 Å². The Hall–Kier alpha value is -3.26. The lowest BCUT2D eigenvalue weighted by molar-refractivity contribution is 0.0679. The van der Waals surface area contributed by atoms with Gasteiger partial charge in [0, 0.05) is 18.2 Å². The van der Waals surface area contributed by atoms with Crippen molar-refractivity contribution >= 4 is 17.5 Å². The van der Waals surface area contributed by atoms with E-state index in [-0.39, 0.29) is 17.4 Å². The largest absolute Gasteiger partial charge is 0.493 e. The first kappa shape index (κ1) is 20.5. The average molecular weight is 400 g/mol. The van der Waals surface area contributed by atoms with Crippen LogP contribution < -0.4 is 25.3 Å². The van der Waals surface area contributed by atoms with Crippen molar-refractivity contribution in [3.63, 3.8) is 0 Å². The Balaban J connectivity index is 1.71. The Kier molecular flexibility index (Phi) is 6.56. The van der Waals surface area contributed by atoms with Gasteiger partial charge in [-0.1, -0.05) is 0 Å². The van der Waals surface area contributed by atoms with E-state index in [1.54, 1.807) is 24.3 Å². The zero-order chi connectivity index (χ0) is 20.8. The number of hydrogen-bond donors (Lipinski definition) is 2. The summed E-state index contributed by atoms with van der Waals surface area (Å²) >= 11 is 0. The van der Waals surface area contributed by atoms with E-state index in [0.717, 1.165) is 19.4 Å². The summed E-state index contributed by atoms with van der Waals surface area (Å²) in [5.41, 5.74) is 6.19. The van der Waals surface area contributed by atoms with Gasteiger partial charge in [0.15, 0.2) is 11.5 Å². The summed E-state index contributed by atoms with van der Waals surface area (Å²) < 4.78 is 21.6. The van der Waals surface area contributed by atoms with Gasteiger partial charge in [0.2, 0.25) is 0 Å². The van der Waals surface area contributed by atoms with Crippen molar-refractivity contribution in [2.45, 2.75) is 18.9 Å². The highest BCUT2D eigenvalue weighted by atomic mass is 16.5. The number of primary amides is 1. The maximum atomic E-state index is 12.6. The van der Waals surface area contributed by atoms with Gasteiger partial charge in [-0.15, -0.1) is 0 Å². The van der Waals surface area contributed by atoms with Crippen LogP contribution in [0.2, 0.25) is 0 Å². The molecule has 1 fully saturated rings. The van der Waals surface area contributed by atoms with Crippen molar-refractivity contribution in [3.8, 4) is 17.2 Å². The zero-order valence-corrected chi connectivity index (χ0v) is 16.4. The van der Waals surface area contributed by atoms with Crippen LogP contribution >= 0.6 is 0 Å². The van der Waals surface area contributed by atoms with E-state index >= 15 is 0 Å². The highest BCUT2D eigenvalue weighted by Gasteiger charge is 2.18. The molecular formula is C21H24N2O6. The molecule has 0 aliphatic carbocycles. The van der Waals surface area contributed by atoms with Crippen LogP contribution in [0.25, 0.3) is 0 Å². The van der Waals surface area contributed by atoms with Crippen molar-refractivity contribution < 1.29 is 28.5 Å². The maximum Gasteiger partial charge on any atom is 0.255 e. The minimum Gasteiger partial charge on any atom is -0.493 e. The molecule has 1 unspecified atom stereocenters. The Labute approximate surface area is 168 Å². The fourth-order valence-electron chi connectivity index (χ4n) is 3.05. The van der Waals surface area contributed by atoms with Crippen LogP contribution in [0.5, 0.6) is 17.2 Å². The number of benzene rings is 2. The first-order valence-electron chi connectivity index (χ1n) is 9.23. The van der Waals surface area contributed by atoms with Crippen molar-refractivity contribution in [3.05, 3.63) is 47.5 Å². The summed E-state index contributed by atoms with van der Waals surface area (Å²) in [7, 11) is 2.91. The molecule has 154 valence electrons. The van der Waals surface area contributed by atoms with Crippen molar-refractivity contribution in [2.75, 3.05) is 32.8 Å². The highest BCUT2D eigenvalue weighted by molar-refractivity contribution is 6.09. The van der Waals surface area contributed by atoms with Crippen LogP contribution in [0, 0.1) is 0 Å². The number of methoxy groups -OCH3 is 2. The number of nitrogens with two attached hydrogens (primary N) is 1. The number of rotatable bonds is 8. The van der Waals surface area contributed by atoms with E-state index in [9.17, 15) is 9.59 Å². The van der Waals surface area contributed by atoms with E-state index in [0.29, 0.717) is 29.4 Å². The van der Waals surface area contributed by atoms with Gasteiger partial charge in [-0.25, -0.2) is 0 Å². The lowest BCUT2D eigenvalue weighted by Gasteiger charge is -2.14. The molecule has 2 aromatic rings. The van der Waals surface area contributed by atoms with Crippen LogP contribution in [0.4, 0.5) is 5.69 Å². The van der Waals surface area contributed by atoms with Crippen LogP contribution in [-0.2, 0) is 4.74 Å². The topological polar surface area (TPSA) is 109 Å². The Morgan fingerprint density at radius 2 is 1.83 bits per heavy atom. The Morgan fingerprint density at radius 1 is 1.14 bits per heavy atom. The summed E-state index contributed by atoms with van der Waals surface area (Å²) in [4.78, 5) is 24.4. The summed E-state index contributed by atoms with van der Waals surface area (Å²) in [5.74, 6) is 0.267. The zero-order valence-electron chi connectivity index (χ0n) is 16.4. The molecule has 2 amide bonds. The molecular weight excluding hydrogens is 376 g/mol. The van der Waals surface area contributed by atoms with Crippen LogP contribution in [0.15, 0.2) is 36.4 Å². The van der Waals surface area contributed by atoms with Gasteiger partial charge in [0.25, 0.3) is 11.8 Å². The SMILES string of the molecule is COc1cc(NC(=O)c2ccc(OCC3CCCO3)cc2)c(C(N)=O)cc1OC. The Morgan fingerprint density at radius 3 is 2.41 bits per heavy atom. The molecule has 8 heteroatoms. The van der Waals surface area contributed by atoms with E-state index in [2.05, 4.69) is 5.32 Å². The fourth-order valence-corrected chi connectivity index (χ4v) is 3.05. The van der Waals surface area contributed by atoms with Gasteiger partial charge < -0.3 is 30.0 Å². The molecule has 0 aromatic heterocycles. The molecule has 2 aromatic carbocycles. The van der Waals surface area contributed by atoms with Crippen molar-refractivity contribution in [1.82, 2.24) is 0 Å². The summed E-state index contributed by atoms with van der Waals surface area (Å²) in [6.45, 7) is 1.26. The quantitative estimate of drug-likeness (QED) is 0.705. The molecule has 8 nitrogen and oxygen atoms in total. The normalized spacial score (nSPS) is 15.6. The first-order chi connectivity index (χ1) is 14.0. The summed E-state index contributed by atoms with van der Waals surface area (Å²) in [6, 6.07) is 9.64. The van der Waals surface area contributed by atoms with Crippen LogP contribution in [0.3, 0.4) is 0 Å². The molecule has 0 bridgehead atoms. The molecule has 0 saturated carbocycles. The fraction of sp³-hybridized carbons (Fsp3) is 0.333. The summed E-state index contributed by atoms with van der Waals surface area (Å²) in [6.07, 6.45) is 2.17. The monoisotopic (exact) mass is 400 g/mol. The van der Waals surface area contributed by atoms with Gasteiger partial charge in [0.05, 0.1) is 31.6 Å². The second kappa shape index (κ2) is 9.29. The van der Waals surface area contributed by atoms with Gasteiger partial charge in [-0.05, 0) is 43.2 Å². The number of amides is 2. The molecule has 0 radical (unpaired) electrons. The third kappa shape index (κ3) is 4.97. The van der Waals surface area contributed by atoms with Gasteiger partial charge in [0.1, 0.15) is 12.4 Å². The number of anilines is 1. The minimum absolute atomic E-state index is 0.118. The van der Waals surface area contributed by atoms with E-state index in [1.807, 2.05) is 0 Å². The third-order valence-corrected chi connectivity index (χ3v) is 4.61. The van der Waals surface area contributed by atoms with Crippen LogP contribution in [-0.4, -0.2) is 45.4 Å². The van der Waals surface area contributed by atoms with Gasteiger partial charge in [-0.2, -0.15) is 0 Å². The lowest BCUT2D eigenvalue weighted by Crippen LogP contribution is -2.19. The minimum atomic E-state index is -0.695. The van der Waals surface area contributed by atoms with E-state index < -0.39 is 11.8 Å². The molecule has 29 heavy (non-hydrogen) atoms. The maximum absolute atomic E-state index is 12.6. The van der Waals surface area contributed by atoms with Crippen molar-refractivity contribution in [2.24, 2.45) is 5.73 Å². The predicted octanol–water partition coefficient (Wildman–Crippen LogP) is 2.61. The van der Waals surface area contributed by atoms with Crippen LogP contribution in [0.1, 0.15) is 33.6 Å². The molecule has 3 rings (SSSR count). The van der Waals surface area contributed by atoms with Crippen molar-refractivity contribution in [1.29, 1.82) is 0 Å². The molecule has 1 saturated heterocycles. The lowest BCUT2D eigenvalue weighted by atomic mass is 10.1. The first-order valence-corrected chi connectivity index (χ1v) is 9.23. The number of nitrogens with one attached hydrogen (secondary N) is 1. The van der Waals surface area contributed by atoms with Gasteiger partial charge >= 0.3 is 0 Å². The smallest absolute Gasteiger partial charge is 0.255 e.